The number of rotatable bonds is 19. The second kappa shape index (κ2) is 16.0. The number of carboxylic acid groups (broad SMARTS) is 2. The zero-order valence-corrected chi connectivity index (χ0v) is 16.0. The molecule has 0 rings (SSSR count). The Kier molecular flexibility index (Phi) is 15.2. The first kappa shape index (κ1) is 24.8. The van der Waals surface area contributed by atoms with Gasteiger partial charge in [0.15, 0.2) is 0 Å². The van der Waals surface area contributed by atoms with Crippen molar-refractivity contribution in [3.8, 4) is 0 Å². The molecule has 0 aromatic carbocycles. The summed E-state index contributed by atoms with van der Waals surface area (Å²) in [6.07, 6.45) is 3.80. The third kappa shape index (κ3) is 12.2. The van der Waals surface area contributed by atoms with Crippen molar-refractivity contribution < 1.29 is 38.7 Å². The van der Waals surface area contributed by atoms with Gasteiger partial charge in [0.05, 0.1) is 26.4 Å². The lowest BCUT2D eigenvalue weighted by molar-refractivity contribution is -0.253. The average molecular weight is 378 g/mol. The molecule has 0 fully saturated rings. The van der Waals surface area contributed by atoms with Crippen molar-refractivity contribution in [2.75, 3.05) is 39.6 Å². The Balaban J connectivity index is 4.52. The first-order valence-corrected chi connectivity index (χ1v) is 9.37. The molecule has 0 aliphatic carbocycles. The van der Waals surface area contributed by atoms with Gasteiger partial charge in [0.25, 0.3) is 5.79 Å². The van der Waals surface area contributed by atoms with Gasteiger partial charge in [-0.25, -0.2) is 4.79 Å². The molecule has 8 nitrogen and oxygen atoms in total. The van der Waals surface area contributed by atoms with Gasteiger partial charge in [0.2, 0.25) is 0 Å². The van der Waals surface area contributed by atoms with Crippen LogP contribution in [0.3, 0.4) is 0 Å². The van der Waals surface area contributed by atoms with E-state index in [1.165, 1.54) is 0 Å². The van der Waals surface area contributed by atoms with Crippen molar-refractivity contribution in [2.45, 2.75) is 64.6 Å². The number of hydrogen-bond donors (Lipinski definition) is 2. The van der Waals surface area contributed by atoms with Gasteiger partial charge in [-0.2, -0.15) is 0 Å². The molecule has 0 saturated carbocycles. The van der Waals surface area contributed by atoms with Crippen LogP contribution in [-0.4, -0.2) is 67.6 Å². The zero-order valence-electron chi connectivity index (χ0n) is 16.0. The number of carbonyl (C=O) groups is 2. The highest BCUT2D eigenvalue weighted by Crippen LogP contribution is 2.22. The molecule has 8 heteroatoms. The van der Waals surface area contributed by atoms with E-state index in [4.69, 9.17) is 24.1 Å². The van der Waals surface area contributed by atoms with Gasteiger partial charge in [0, 0.05) is 26.1 Å². The molecular formula is C18H34O8. The Morgan fingerprint density at radius 2 is 1.27 bits per heavy atom. The molecule has 0 saturated heterocycles. The van der Waals surface area contributed by atoms with Crippen molar-refractivity contribution in [3.63, 3.8) is 0 Å². The van der Waals surface area contributed by atoms with Crippen LogP contribution < -0.4 is 0 Å². The Labute approximate surface area is 155 Å². The van der Waals surface area contributed by atoms with Crippen LogP contribution in [0.15, 0.2) is 0 Å². The minimum Gasteiger partial charge on any atom is -0.481 e. The van der Waals surface area contributed by atoms with E-state index in [1.54, 1.807) is 0 Å². The van der Waals surface area contributed by atoms with Gasteiger partial charge in [-0.1, -0.05) is 26.7 Å². The molecule has 0 unspecified atom stereocenters. The molecule has 0 aliphatic heterocycles. The maximum atomic E-state index is 11.8. The lowest BCUT2D eigenvalue weighted by atomic mass is 10.1. The molecule has 0 amide bonds. The van der Waals surface area contributed by atoms with Crippen LogP contribution in [0, 0.1) is 0 Å². The van der Waals surface area contributed by atoms with E-state index in [9.17, 15) is 14.7 Å². The van der Waals surface area contributed by atoms with Gasteiger partial charge in [-0.15, -0.1) is 0 Å². The van der Waals surface area contributed by atoms with Crippen molar-refractivity contribution in [1.82, 2.24) is 0 Å². The predicted molar refractivity (Wildman–Crippen MR) is 95.2 cm³/mol. The summed E-state index contributed by atoms with van der Waals surface area (Å²) in [5, 5.41) is 18.4. The quantitative estimate of drug-likeness (QED) is 0.261. The van der Waals surface area contributed by atoms with Crippen molar-refractivity contribution in [2.24, 2.45) is 0 Å². The number of unbranched alkanes of at least 4 members (excludes halogenated alkanes) is 2. The molecule has 0 atom stereocenters. The summed E-state index contributed by atoms with van der Waals surface area (Å²) in [5.74, 6) is -4.14. The van der Waals surface area contributed by atoms with Crippen LogP contribution in [0.2, 0.25) is 0 Å². The fraction of sp³-hybridized carbons (Fsp3) is 0.889. The Morgan fingerprint density at radius 1 is 0.769 bits per heavy atom. The summed E-state index contributed by atoms with van der Waals surface area (Å²) in [7, 11) is 0. The maximum absolute atomic E-state index is 11.8. The highest BCUT2D eigenvalue weighted by Gasteiger charge is 2.41. The van der Waals surface area contributed by atoms with Crippen LogP contribution in [0.25, 0.3) is 0 Å². The number of aliphatic carboxylic acids is 2. The van der Waals surface area contributed by atoms with E-state index in [-0.39, 0.29) is 45.7 Å². The maximum Gasteiger partial charge on any atom is 0.364 e. The summed E-state index contributed by atoms with van der Waals surface area (Å²) >= 11 is 0. The largest absolute Gasteiger partial charge is 0.481 e. The van der Waals surface area contributed by atoms with Crippen LogP contribution in [-0.2, 0) is 28.5 Å². The van der Waals surface area contributed by atoms with Gasteiger partial charge in [0.1, 0.15) is 0 Å². The molecule has 0 aromatic heterocycles. The first-order valence-electron chi connectivity index (χ1n) is 9.37. The monoisotopic (exact) mass is 378 g/mol. The SMILES string of the molecule is CCCCOCCOC(CCCC(=O)O)(OCCOCCCC)C(=O)O. The first-order chi connectivity index (χ1) is 12.5. The minimum absolute atomic E-state index is 0.0553. The third-order valence-electron chi connectivity index (χ3n) is 3.63. The summed E-state index contributed by atoms with van der Waals surface area (Å²) in [5.41, 5.74) is 0. The van der Waals surface area contributed by atoms with E-state index < -0.39 is 17.7 Å². The Bertz CT molecular complexity index is 356. The fourth-order valence-corrected chi connectivity index (χ4v) is 2.12. The summed E-state index contributed by atoms with van der Waals surface area (Å²) < 4.78 is 21.7. The van der Waals surface area contributed by atoms with Gasteiger partial charge in [-0.3, -0.25) is 4.79 Å². The predicted octanol–water partition coefficient (Wildman–Crippen LogP) is 2.69. The van der Waals surface area contributed by atoms with Gasteiger partial charge >= 0.3 is 11.9 Å². The van der Waals surface area contributed by atoms with E-state index in [1.807, 2.05) is 13.8 Å². The van der Waals surface area contributed by atoms with Crippen molar-refractivity contribution in [1.29, 1.82) is 0 Å². The van der Waals surface area contributed by atoms with Crippen molar-refractivity contribution in [3.05, 3.63) is 0 Å². The number of carboxylic acids is 2. The summed E-state index contributed by atoms with van der Waals surface area (Å²) in [6.45, 7) is 5.90. The average Bonchev–Trinajstić information content (AvgIpc) is 2.59. The normalized spacial score (nSPS) is 11.6. The lowest BCUT2D eigenvalue weighted by Gasteiger charge is -2.29. The number of hydrogen-bond acceptors (Lipinski definition) is 6. The lowest BCUT2D eigenvalue weighted by Crippen LogP contribution is -2.46. The zero-order chi connectivity index (χ0) is 19.7. The highest BCUT2D eigenvalue weighted by molar-refractivity contribution is 5.75. The van der Waals surface area contributed by atoms with Crippen LogP contribution in [0.5, 0.6) is 0 Å². The Hall–Kier alpha value is -1.22. The topological polar surface area (TPSA) is 112 Å². The molecule has 0 spiro atoms. The second-order valence-electron chi connectivity index (χ2n) is 5.93. The number of ether oxygens (including phenoxy) is 4. The smallest absolute Gasteiger partial charge is 0.364 e. The van der Waals surface area contributed by atoms with E-state index in [2.05, 4.69) is 0 Å². The van der Waals surface area contributed by atoms with Crippen LogP contribution in [0.4, 0.5) is 0 Å². The minimum atomic E-state index is -1.88. The standard InChI is InChI=1S/C18H34O8/c1-3-5-10-23-12-14-25-18(17(21)22,9-7-8-16(19)20)26-15-13-24-11-6-4-2/h3-15H2,1-2H3,(H,19,20)(H,21,22). The molecular weight excluding hydrogens is 344 g/mol. The van der Waals surface area contributed by atoms with Crippen LogP contribution in [0.1, 0.15) is 58.8 Å². The van der Waals surface area contributed by atoms with Gasteiger partial charge < -0.3 is 29.2 Å². The summed E-state index contributed by atoms with van der Waals surface area (Å²) in [4.78, 5) is 22.5. The highest BCUT2D eigenvalue weighted by atomic mass is 16.7. The van der Waals surface area contributed by atoms with Gasteiger partial charge in [-0.05, 0) is 19.3 Å². The molecule has 0 radical (unpaired) electrons. The fourth-order valence-electron chi connectivity index (χ4n) is 2.12. The molecule has 154 valence electrons. The second-order valence-corrected chi connectivity index (χ2v) is 5.93. The molecule has 2 N–H and O–H groups in total. The molecule has 26 heavy (non-hydrogen) atoms. The third-order valence-corrected chi connectivity index (χ3v) is 3.63. The van der Waals surface area contributed by atoms with E-state index >= 15 is 0 Å². The molecule has 0 aromatic rings. The summed E-state index contributed by atoms with van der Waals surface area (Å²) in [6, 6.07) is 0. The molecule has 0 aliphatic rings. The van der Waals surface area contributed by atoms with E-state index in [0.29, 0.717) is 13.2 Å². The van der Waals surface area contributed by atoms with E-state index in [0.717, 1.165) is 25.7 Å². The molecule has 0 bridgehead atoms. The van der Waals surface area contributed by atoms with Crippen molar-refractivity contribution >= 4 is 11.9 Å². The Morgan fingerprint density at radius 3 is 1.65 bits per heavy atom. The van der Waals surface area contributed by atoms with Crippen LogP contribution >= 0.6 is 0 Å². The molecule has 0 heterocycles.